The van der Waals surface area contributed by atoms with Gasteiger partial charge < -0.3 is 18.5 Å². The number of para-hydroxylation sites is 1. The van der Waals surface area contributed by atoms with Crippen molar-refractivity contribution in [3.8, 4) is 5.75 Å². The minimum absolute atomic E-state index is 0.0104. The topological polar surface area (TPSA) is 66.0 Å². The zero-order valence-electron chi connectivity index (χ0n) is 14.2. The van der Waals surface area contributed by atoms with Gasteiger partial charge in [-0.25, -0.2) is 5.09 Å². The molecule has 0 radical (unpaired) electrons. The van der Waals surface area contributed by atoms with E-state index >= 15 is 0 Å². The first-order valence-electron chi connectivity index (χ1n) is 7.67. The van der Waals surface area contributed by atoms with E-state index in [0.29, 0.717) is 12.4 Å². The van der Waals surface area contributed by atoms with Gasteiger partial charge in [-0.1, -0.05) is 25.1 Å². The molecule has 0 aliphatic carbocycles. The van der Waals surface area contributed by atoms with Crippen LogP contribution >= 0.6 is 8.53 Å². The second-order valence-corrected chi connectivity index (χ2v) is 6.37. The Morgan fingerprint density at radius 2 is 1.96 bits per heavy atom. The molecule has 130 valence electrons. The third kappa shape index (κ3) is 8.86. The molecule has 0 fully saturated rings. The summed E-state index contributed by atoms with van der Waals surface area (Å²) in [4.78, 5) is 11.7. The number of carbonyl (C=O) groups excluding carboxylic acids is 1. The molecule has 0 saturated carbocycles. The molecule has 0 amide bonds. The summed E-state index contributed by atoms with van der Waals surface area (Å²) in [7, 11) is 0.175. The van der Waals surface area contributed by atoms with Crippen LogP contribution in [0.15, 0.2) is 30.3 Å². The molecule has 6 nitrogen and oxygen atoms in total. The van der Waals surface area contributed by atoms with Gasteiger partial charge in [-0.3, -0.25) is 4.79 Å². The number of rotatable bonds is 11. The number of benzene rings is 1. The van der Waals surface area contributed by atoms with E-state index < -0.39 is 8.53 Å². The molecule has 0 heterocycles. The van der Waals surface area contributed by atoms with E-state index in [9.17, 15) is 4.79 Å². The fourth-order valence-electron chi connectivity index (χ4n) is 1.62. The lowest BCUT2D eigenvalue weighted by molar-refractivity contribution is -0.145. The third-order valence-electron chi connectivity index (χ3n) is 2.82. The van der Waals surface area contributed by atoms with Gasteiger partial charge in [0.05, 0.1) is 18.8 Å². The summed E-state index contributed by atoms with van der Waals surface area (Å²) in [5, 5.41) is 2.97. The molecule has 7 heteroatoms. The Bertz CT molecular complexity index is 439. The number of carbonyl (C=O) groups is 1. The van der Waals surface area contributed by atoms with Gasteiger partial charge in [0.2, 0.25) is 0 Å². The first-order chi connectivity index (χ1) is 11.0. The Balaban J connectivity index is 2.55. The lowest BCUT2D eigenvalue weighted by Gasteiger charge is -2.21. The number of esters is 1. The smallest absolute Gasteiger partial charge is 0.320 e. The minimum atomic E-state index is -1.47. The number of ether oxygens (including phenoxy) is 2. The van der Waals surface area contributed by atoms with Crippen LogP contribution in [0.5, 0.6) is 5.75 Å². The van der Waals surface area contributed by atoms with Crippen LogP contribution in [-0.2, 0) is 18.8 Å². The van der Waals surface area contributed by atoms with Crippen molar-refractivity contribution in [2.45, 2.75) is 39.4 Å². The number of hydrogen-bond donors (Lipinski definition) is 1. The van der Waals surface area contributed by atoms with Gasteiger partial charge in [0.25, 0.3) is 0 Å². The normalized spacial score (nSPS) is 13.6. The van der Waals surface area contributed by atoms with Crippen LogP contribution in [0, 0.1) is 0 Å². The van der Waals surface area contributed by atoms with Crippen LogP contribution in [0.4, 0.5) is 0 Å². The highest BCUT2D eigenvalue weighted by molar-refractivity contribution is 7.45. The zero-order valence-corrected chi connectivity index (χ0v) is 15.0. The summed E-state index contributed by atoms with van der Waals surface area (Å²) in [5.41, 5.74) is 0. The maximum Gasteiger partial charge on any atom is 0.320 e. The maximum absolute atomic E-state index is 11.7. The number of methoxy groups -OCH3 is 1. The molecule has 0 aromatic heterocycles. The standard InChI is InChI=1S/C16H26NO5P/c1-5-14(19-4)12-20-23(17-11-16(18)21-13(2)3)22-15-9-7-6-8-10-15/h6-10,13-14,17H,5,11-12H2,1-4H3/t14?,23-/m1/s1. The Hall–Kier alpha value is -1.20. The van der Waals surface area contributed by atoms with Crippen LogP contribution in [-0.4, -0.2) is 38.4 Å². The molecule has 1 aromatic rings. The van der Waals surface area contributed by atoms with Crippen LogP contribution in [0.3, 0.4) is 0 Å². The highest BCUT2D eigenvalue weighted by atomic mass is 31.2. The molecule has 1 aromatic carbocycles. The van der Waals surface area contributed by atoms with Crippen molar-refractivity contribution >= 4 is 14.5 Å². The summed E-state index contributed by atoms with van der Waals surface area (Å²) < 4.78 is 21.9. The van der Waals surface area contributed by atoms with Crippen molar-refractivity contribution in [2.75, 3.05) is 20.3 Å². The largest absolute Gasteiger partial charge is 0.462 e. The number of hydrogen-bond acceptors (Lipinski definition) is 6. The van der Waals surface area contributed by atoms with E-state index in [2.05, 4.69) is 5.09 Å². The van der Waals surface area contributed by atoms with Crippen molar-refractivity contribution in [1.82, 2.24) is 5.09 Å². The lowest BCUT2D eigenvalue weighted by atomic mass is 10.3. The van der Waals surface area contributed by atoms with Crippen molar-refractivity contribution in [3.05, 3.63) is 30.3 Å². The van der Waals surface area contributed by atoms with Crippen LogP contribution in [0.25, 0.3) is 0 Å². The summed E-state index contributed by atoms with van der Waals surface area (Å²) in [5.74, 6) is 0.334. The predicted octanol–water partition coefficient (Wildman–Crippen LogP) is 3.28. The molecule has 0 saturated heterocycles. The Morgan fingerprint density at radius 1 is 1.26 bits per heavy atom. The summed E-state index contributed by atoms with van der Waals surface area (Å²) in [6.45, 7) is 6.05. The Morgan fingerprint density at radius 3 is 2.52 bits per heavy atom. The Labute approximate surface area is 139 Å². The molecular formula is C16H26NO5P. The number of nitrogens with one attached hydrogen (secondary N) is 1. The van der Waals surface area contributed by atoms with E-state index in [4.69, 9.17) is 18.5 Å². The molecule has 1 rings (SSSR count). The average Bonchev–Trinajstić information content (AvgIpc) is 2.53. The summed E-state index contributed by atoms with van der Waals surface area (Å²) >= 11 is 0. The van der Waals surface area contributed by atoms with Crippen molar-refractivity contribution in [2.24, 2.45) is 0 Å². The van der Waals surface area contributed by atoms with E-state index in [1.54, 1.807) is 7.11 Å². The molecule has 2 atom stereocenters. The molecule has 0 spiro atoms. The average molecular weight is 343 g/mol. The van der Waals surface area contributed by atoms with Crippen molar-refractivity contribution in [3.63, 3.8) is 0 Å². The van der Waals surface area contributed by atoms with E-state index in [1.165, 1.54) is 0 Å². The molecule has 0 aliphatic rings. The zero-order chi connectivity index (χ0) is 17.1. The van der Waals surface area contributed by atoms with E-state index in [0.717, 1.165) is 6.42 Å². The van der Waals surface area contributed by atoms with Crippen LogP contribution < -0.4 is 9.61 Å². The molecule has 0 bridgehead atoms. The first-order valence-corrected chi connectivity index (χ1v) is 8.84. The van der Waals surface area contributed by atoms with E-state index in [-0.39, 0.29) is 24.7 Å². The van der Waals surface area contributed by atoms with E-state index in [1.807, 2.05) is 51.1 Å². The van der Waals surface area contributed by atoms with Gasteiger partial charge in [-0.05, 0) is 32.4 Å². The van der Waals surface area contributed by atoms with Gasteiger partial charge in [-0.2, -0.15) is 0 Å². The van der Waals surface area contributed by atoms with Gasteiger partial charge >= 0.3 is 14.5 Å². The summed E-state index contributed by atoms with van der Waals surface area (Å²) in [6, 6.07) is 9.32. The second kappa shape index (κ2) is 11.4. The minimum Gasteiger partial charge on any atom is -0.462 e. The Kier molecular flexibility index (Phi) is 9.80. The monoisotopic (exact) mass is 343 g/mol. The van der Waals surface area contributed by atoms with Gasteiger partial charge in [0.1, 0.15) is 12.3 Å². The first kappa shape index (κ1) is 19.8. The second-order valence-electron chi connectivity index (χ2n) is 5.10. The van der Waals surface area contributed by atoms with Gasteiger partial charge in [0.15, 0.2) is 0 Å². The predicted molar refractivity (Wildman–Crippen MR) is 90.3 cm³/mol. The molecule has 1 unspecified atom stereocenters. The van der Waals surface area contributed by atoms with Crippen LogP contribution in [0.2, 0.25) is 0 Å². The lowest BCUT2D eigenvalue weighted by Crippen LogP contribution is -2.26. The van der Waals surface area contributed by atoms with Gasteiger partial charge in [-0.15, -0.1) is 0 Å². The van der Waals surface area contributed by atoms with Gasteiger partial charge in [0, 0.05) is 7.11 Å². The molecule has 1 N–H and O–H groups in total. The quantitative estimate of drug-likeness (QED) is 0.491. The molecular weight excluding hydrogens is 317 g/mol. The fraction of sp³-hybridized carbons (Fsp3) is 0.562. The SMILES string of the molecule is CCC(CO[P@@](NCC(=O)OC(C)C)Oc1ccccc1)OC. The third-order valence-corrected chi connectivity index (χ3v) is 3.99. The maximum atomic E-state index is 11.7. The highest BCUT2D eigenvalue weighted by Crippen LogP contribution is 2.35. The molecule has 0 aliphatic heterocycles. The highest BCUT2D eigenvalue weighted by Gasteiger charge is 2.18. The molecule has 23 heavy (non-hydrogen) atoms. The summed E-state index contributed by atoms with van der Waals surface area (Å²) in [6.07, 6.45) is 0.675. The van der Waals surface area contributed by atoms with Crippen molar-refractivity contribution in [1.29, 1.82) is 0 Å². The fourth-order valence-corrected chi connectivity index (χ4v) is 2.70. The van der Waals surface area contributed by atoms with Crippen molar-refractivity contribution < 1.29 is 23.3 Å². The van der Waals surface area contributed by atoms with Crippen LogP contribution in [0.1, 0.15) is 27.2 Å².